The average Bonchev–Trinajstić information content (AvgIpc) is 2.93. The van der Waals surface area contributed by atoms with Gasteiger partial charge in [0.25, 0.3) is 17.5 Å². The molecule has 1 aliphatic carbocycles. The van der Waals surface area contributed by atoms with Crippen molar-refractivity contribution < 1.29 is 24.4 Å². The van der Waals surface area contributed by atoms with Crippen molar-refractivity contribution in [2.24, 2.45) is 5.73 Å². The standard InChI is InChI=1S/C24H21N5O5.C5H13NO/c1-14-10-21(28-24(32)17-4-3-5-18(11-17)29(33)34)19(12-20(14)25)15-6-8-16(9-7-15)23(31)27-13-22(30)26-2;1-5(2,7)3-4-6/h3-12,25H,1,13H2,2H3,(H,26,30)(H,27,31)(H,28,32);7H,3-4,6H2,1-2H3. The molecule has 3 rings (SSSR count). The molecular weight excluding hydrogens is 528 g/mol. The zero-order valence-electron chi connectivity index (χ0n) is 23.1. The molecule has 0 bridgehead atoms. The molecule has 0 aromatic heterocycles. The Morgan fingerprint density at radius 2 is 1.73 bits per heavy atom. The van der Waals surface area contributed by atoms with Crippen molar-refractivity contribution in [3.8, 4) is 0 Å². The van der Waals surface area contributed by atoms with Crippen LogP contribution in [0.2, 0.25) is 0 Å². The number of nitro groups is 1. The van der Waals surface area contributed by atoms with Crippen LogP contribution >= 0.6 is 0 Å². The number of likely N-dealkylation sites (N-methyl/N-ethyl adjacent to an activating group) is 1. The number of hydrogen-bond acceptors (Lipinski definition) is 8. The Morgan fingerprint density at radius 1 is 1.07 bits per heavy atom. The van der Waals surface area contributed by atoms with Crippen LogP contribution in [0, 0.1) is 15.5 Å². The van der Waals surface area contributed by atoms with E-state index in [2.05, 4.69) is 22.5 Å². The zero-order chi connectivity index (χ0) is 30.7. The van der Waals surface area contributed by atoms with Crippen LogP contribution in [0.5, 0.6) is 0 Å². The maximum Gasteiger partial charge on any atom is 0.270 e. The van der Waals surface area contributed by atoms with E-state index in [4.69, 9.17) is 16.2 Å². The lowest BCUT2D eigenvalue weighted by Crippen LogP contribution is -2.35. The number of carbonyl (C=O) groups is 3. The molecule has 3 amide bonds. The van der Waals surface area contributed by atoms with Crippen LogP contribution in [0.3, 0.4) is 0 Å². The van der Waals surface area contributed by atoms with E-state index >= 15 is 0 Å². The van der Waals surface area contributed by atoms with Gasteiger partial charge in [-0.05, 0) is 68.3 Å². The van der Waals surface area contributed by atoms with Crippen LogP contribution in [0.25, 0.3) is 5.57 Å². The van der Waals surface area contributed by atoms with Crippen molar-refractivity contribution in [3.63, 3.8) is 0 Å². The summed E-state index contributed by atoms with van der Waals surface area (Å²) in [6, 6.07) is 11.7. The number of nitro benzene ring substituents is 1. The van der Waals surface area contributed by atoms with Gasteiger partial charge in [0, 0.05) is 41.6 Å². The molecule has 0 radical (unpaired) electrons. The molecule has 41 heavy (non-hydrogen) atoms. The Bertz CT molecular complexity index is 1400. The SMILES string of the molecule is C=C1C=C(NC(=O)c2cccc([N+](=O)[O-])c2)C(c2ccc(C(=O)NCC(=O)NC)cc2)=CC1=N.CC(C)(O)CCN. The van der Waals surface area contributed by atoms with E-state index in [-0.39, 0.29) is 29.4 Å². The third-order valence-electron chi connectivity index (χ3n) is 5.71. The second kappa shape index (κ2) is 14.4. The van der Waals surface area contributed by atoms with E-state index in [0.29, 0.717) is 40.9 Å². The van der Waals surface area contributed by atoms with Crippen LogP contribution < -0.4 is 21.7 Å². The number of allylic oxidation sites excluding steroid dienone is 4. The lowest BCUT2D eigenvalue weighted by atomic mass is 9.92. The second-order valence-electron chi connectivity index (χ2n) is 9.60. The fourth-order valence-corrected chi connectivity index (χ4v) is 3.45. The van der Waals surface area contributed by atoms with Gasteiger partial charge in [0.2, 0.25) is 5.91 Å². The van der Waals surface area contributed by atoms with E-state index in [1.165, 1.54) is 43.5 Å². The third kappa shape index (κ3) is 9.95. The predicted octanol–water partition coefficient (Wildman–Crippen LogP) is 2.46. The second-order valence-corrected chi connectivity index (χ2v) is 9.60. The molecule has 12 heteroatoms. The topological polar surface area (TPSA) is 201 Å². The number of nitrogens with zero attached hydrogens (tertiary/aromatic N) is 1. The first-order valence-corrected chi connectivity index (χ1v) is 12.5. The number of hydrogen-bond donors (Lipinski definition) is 6. The van der Waals surface area contributed by atoms with Gasteiger partial charge < -0.3 is 32.2 Å². The Balaban J connectivity index is 0.000000745. The molecule has 0 fully saturated rings. The van der Waals surface area contributed by atoms with Gasteiger partial charge in [-0.25, -0.2) is 0 Å². The van der Waals surface area contributed by atoms with Gasteiger partial charge in [-0.2, -0.15) is 0 Å². The molecule has 0 unspecified atom stereocenters. The molecule has 1 aliphatic rings. The minimum absolute atomic E-state index is 0.101. The highest BCUT2D eigenvalue weighted by molar-refractivity contribution is 6.16. The smallest absolute Gasteiger partial charge is 0.270 e. The summed E-state index contributed by atoms with van der Waals surface area (Å²) in [4.78, 5) is 46.7. The summed E-state index contributed by atoms with van der Waals surface area (Å²) in [6.07, 6.45) is 3.75. The molecular formula is C29H34N6O6. The molecule has 0 saturated carbocycles. The fourth-order valence-electron chi connectivity index (χ4n) is 3.45. The first-order chi connectivity index (χ1) is 19.2. The maximum absolute atomic E-state index is 12.8. The van der Waals surface area contributed by atoms with E-state index in [9.17, 15) is 24.5 Å². The van der Waals surface area contributed by atoms with Crippen molar-refractivity contribution >= 4 is 34.7 Å². The number of rotatable bonds is 9. The molecule has 0 spiro atoms. The van der Waals surface area contributed by atoms with E-state index in [1.54, 1.807) is 38.1 Å². The van der Waals surface area contributed by atoms with Gasteiger partial charge >= 0.3 is 0 Å². The normalized spacial score (nSPS) is 12.7. The molecule has 0 heterocycles. The third-order valence-corrected chi connectivity index (χ3v) is 5.71. The van der Waals surface area contributed by atoms with Crippen LogP contribution in [0.15, 0.2) is 78.5 Å². The van der Waals surface area contributed by atoms with Crippen molar-refractivity contribution in [2.45, 2.75) is 25.9 Å². The minimum Gasteiger partial charge on any atom is -0.390 e. The van der Waals surface area contributed by atoms with Crippen LogP contribution in [-0.2, 0) is 4.79 Å². The summed E-state index contributed by atoms with van der Waals surface area (Å²) in [5.74, 6) is -1.32. The molecule has 7 N–H and O–H groups in total. The zero-order valence-corrected chi connectivity index (χ0v) is 23.1. The lowest BCUT2D eigenvalue weighted by molar-refractivity contribution is -0.384. The van der Waals surface area contributed by atoms with Crippen molar-refractivity contribution in [2.75, 3.05) is 20.1 Å². The first kappa shape index (κ1) is 32.3. The van der Waals surface area contributed by atoms with Crippen LogP contribution in [0.1, 0.15) is 46.5 Å². The number of carbonyl (C=O) groups excluding carboxylic acids is 3. The molecule has 2 aromatic carbocycles. The molecule has 216 valence electrons. The largest absolute Gasteiger partial charge is 0.390 e. The van der Waals surface area contributed by atoms with Gasteiger partial charge in [0.1, 0.15) is 0 Å². The highest BCUT2D eigenvalue weighted by Crippen LogP contribution is 2.28. The molecule has 2 aromatic rings. The van der Waals surface area contributed by atoms with Gasteiger partial charge in [-0.3, -0.25) is 24.5 Å². The Kier molecular flexibility index (Phi) is 11.4. The van der Waals surface area contributed by atoms with Gasteiger partial charge in [0.15, 0.2) is 0 Å². The van der Waals surface area contributed by atoms with Crippen molar-refractivity contribution in [1.82, 2.24) is 16.0 Å². The van der Waals surface area contributed by atoms with Crippen molar-refractivity contribution in [3.05, 3.63) is 105 Å². The molecule has 12 nitrogen and oxygen atoms in total. The van der Waals surface area contributed by atoms with Crippen LogP contribution in [-0.4, -0.2) is 59.2 Å². The summed E-state index contributed by atoms with van der Waals surface area (Å²) < 4.78 is 0. The highest BCUT2D eigenvalue weighted by Gasteiger charge is 2.20. The fraction of sp³-hybridized carbons (Fsp3) is 0.241. The van der Waals surface area contributed by atoms with Gasteiger partial charge in [-0.1, -0.05) is 24.8 Å². The Labute approximate surface area is 237 Å². The molecule has 0 saturated heterocycles. The first-order valence-electron chi connectivity index (χ1n) is 12.5. The van der Waals surface area contributed by atoms with Crippen LogP contribution in [0.4, 0.5) is 5.69 Å². The molecule has 0 atom stereocenters. The number of nitrogens with one attached hydrogen (secondary N) is 4. The average molecular weight is 563 g/mol. The summed E-state index contributed by atoms with van der Waals surface area (Å²) in [5, 5.41) is 35.7. The summed E-state index contributed by atoms with van der Waals surface area (Å²) >= 11 is 0. The Hall–Kier alpha value is -4.94. The quantitative estimate of drug-likeness (QED) is 0.199. The van der Waals surface area contributed by atoms with E-state index < -0.39 is 22.3 Å². The number of benzene rings is 2. The monoisotopic (exact) mass is 562 g/mol. The number of non-ortho nitro benzene ring substituents is 1. The number of aliphatic hydroxyl groups is 1. The minimum atomic E-state index is -0.586. The predicted molar refractivity (Wildman–Crippen MR) is 156 cm³/mol. The number of nitrogens with two attached hydrogens (primary N) is 1. The van der Waals surface area contributed by atoms with Gasteiger partial charge in [-0.15, -0.1) is 0 Å². The maximum atomic E-state index is 12.8. The molecule has 0 aliphatic heterocycles. The summed E-state index contributed by atoms with van der Waals surface area (Å²) in [7, 11) is 1.47. The van der Waals surface area contributed by atoms with E-state index in [1.807, 2.05) is 0 Å². The van der Waals surface area contributed by atoms with Crippen molar-refractivity contribution in [1.29, 1.82) is 5.41 Å². The summed E-state index contributed by atoms with van der Waals surface area (Å²) in [5.41, 5.74) is 6.81. The Morgan fingerprint density at radius 3 is 2.27 bits per heavy atom. The lowest BCUT2D eigenvalue weighted by Gasteiger charge is -2.19. The highest BCUT2D eigenvalue weighted by atomic mass is 16.6. The van der Waals surface area contributed by atoms with Gasteiger partial charge in [0.05, 0.1) is 22.8 Å². The number of amides is 3. The summed E-state index contributed by atoms with van der Waals surface area (Å²) in [6.45, 7) is 7.70. The van der Waals surface area contributed by atoms with E-state index in [0.717, 1.165) is 0 Å².